The van der Waals surface area contributed by atoms with Crippen molar-refractivity contribution in [2.75, 3.05) is 5.88 Å². The van der Waals surface area contributed by atoms with Crippen LogP contribution in [0.25, 0.3) is 0 Å². The number of alkyl halides is 1. The summed E-state index contributed by atoms with van der Waals surface area (Å²) in [5.74, 6) is 0.00792. The van der Waals surface area contributed by atoms with Crippen LogP contribution in [0.3, 0.4) is 0 Å². The molecule has 0 aliphatic carbocycles. The van der Waals surface area contributed by atoms with Gasteiger partial charge in [0.25, 0.3) is 0 Å². The summed E-state index contributed by atoms with van der Waals surface area (Å²) in [6, 6.07) is 1.38. The zero-order valence-corrected chi connectivity index (χ0v) is 10.7. The fraction of sp³-hybridized carbons (Fsp3) is 0.444. The van der Waals surface area contributed by atoms with Crippen LogP contribution in [0.1, 0.15) is 13.8 Å². The molecule has 0 fully saturated rings. The number of rotatable bonds is 3. The maximum atomic E-state index is 12.1. The molecule has 1 aromatic rings. The summed E-state index contributed by atoms with van der Waals surface area (Å²) in [4.78, 5) is 3.81. The lowest BCUT2D eigenvalue weighted by atomic mass is 10.2. The summed E-state index contributed by atoms with van der Waals surface area (Å²) in [6.45, 7) is 3.12. The second-order valence-corrected chi connectivity index (χ2v) is 6.93. The Balaban J connectivity index is 3.37. The van der Waals surface area contributed by atoms with Gasteiger partial charge in [-0.3, -0.25) is 4.98 Å². The molecule has 0 aromatic carbocycles. The van der Waals surface area contributed by atoms with Crippen molar-refractivity contribution in [1.82, 2.24) is 4.98 Å². The first kappa shape index (κ1) is 12.7. The lowest BCUT2D eigenvalue weighted by Crippen LogP contribution is -2.34. The van der Waals surface area contributed by atoms with Crippen molar-refractivity contribution < 1.29 is 8.42 Å². The molecule has 15 heavy (non-hydrogen) atoms. The highest BCUT2D eigenvalue weighted by molar-refractivity contribution is 7.93. The molecule has 0 spiro atoms. The van der Waals surface area contributed by atoms with Crippen molar-refractivity contribution in [2.45, 2.75) is 23.5 Å². The molecule has 0 amide bonds. The number of hydrogen-bond donors (Lipinski definition) is 0. The molecule has 1 aromatic heterocycles. The molecular weight excluding hydrogens is 257 g/mol. The second-order valence-electron chi connectivity index (χ2n) is 3.70. The average Bonchev–Trinajstić information content (AvgIpc) is 2.18. The average molecular weight is 268 g/mol. The Labute approximate surface area is 99.3 Å². The van der Waals surface area contributed by atoms with Crippen molar-refractivity contribution in [3.63, 3.8) is 0 Å². The second kappa shape index (κ2) is 4.28. The molecule has 0 atom stereocenters. The number of aromatic nitrogens is 1. The smallest absolute Gasteiger partial charge is 0.186 e. The summed E-state index contributed by atoms with van der Waals surface area (Å²) >= 11 is 11.4. The Kier molecular flexibility index (Phi) is 3.63. The number of pyridine rings is 1. The van der Waals surface area contributed by atoms with Crippen LogP contribution in [0.4, 0.5) is 0 Å². The van der Waals surface area contributed by atoms with Gasteiger partial charge in [0.05, 0.1) is 14.7 Å². The fourth-order valence-electron chi connectivity index (χ4n) is 0.950. The molecule has 0 unspecified atom stereocenters. The van der Waals surface area contributed by atoms with Crippen LogP contribution in [0.2, 0.25) is 5.02 Å². The van der Waals surface area contributed by atoms with Gasteiger partial charge in [-0.25, -0.2) is 8.42 Å². The van der Waals surface area contributed by atoms with Gasteiger partial charge in [-0.1, -0.05) is 11.6 Å². The number of nitrogens with zero attached hydrogens (tertiary/aromatic N) is 1. The molecule has 0 bridgehead atoms. The molecule has 0 N–H and O–H groups in total. The molecule has 0 saturated carbocycles. The third kappa shape index (κ3) is 2.27. The van der Waals surface area contributed by atoms with E-state index < -0.39 is 14.6 Å². The predicted octanol–water partition coefficient (Wildman–Crippen LogP) is 2.53. The van der Waals surface area contributed by atoms with E-state index in [-0.39, 0.29) is 15.8 Å². The molecule has 0 aliphatic heterocycles. The van der Waals surface area contributed by atoms with Crippen LogP contribution in [0.15, 0.2) is 23.4 Å². The van der Waals surface area contributed by atoms with E-state index in [2.05, 4.69) is 4.98 Å². The van der Waals surface area contributed by atoms with E-state index in [1.54, 1.807) is 13.8 Å². The van der Waals surface area contributed by atoms with Gasteiger partial charge in [0.1, 0.15) is 0 Å². The van der Waals surface area contributed by atoms with Crippen LogP contribution in [0.5, 0.6) is 0 Å². The van der Waals surface area contributed by atoms with Crippen LogP contribution >= 0.6 is 23.2 Å². The topological polar surface area (TPSA) is 47.0 Å². The van der Waals surface area contributed by atoms with Gasteiger partial charge in [-0.05, 0) is 19.9 Å². The van der Waals surface area contributed by atoms with Crippen molar-refractivity contribution in [3.8, 4) is 0 Å². The van der Waals surface area contributed by atoms with Crippen molar-refractivity contribution in [1.29, 1.82) is 0 Å². The predicted molar refractivity (Wildman–Crippen MR) is 61.2 cm³/mol. The highest BCUT2D eigenvalue weighted by Gasteiger charge is 2.36. The van der Waals surface area contributed by atoms with E-state index in [4.69, 9.17) is 23.2 Å². The van der Waals surface area contributed by atoms with Crippen LogP contribution in [0, 0.1) is 0 Å². The highest BCUT2D eigenvalue weighted by atomic mass is 35.5. The fourth-order valence-corrected chi connectivity index (χ4v) is 3.09. The van der Waals surface area contributed by atoms with Crippen LogP contribution < -0.4 is 0 Å². The van der Waals surface area contributed by atoms with Gasteiger partial charge in [-0.15, -0.1) is 11.6 Å². The molecular formula is C9H11Cl2NO2S. The monoisotopic (exact) mass is 267 g/mol. The van der Waals surface area contributed by atoms with Gasteiger partial charge in [0, 0.05) is 18.3 Å². The minimum atomic E-state index is -3.52. The van der Waals surface area contributed by atoms with E-state index in [9.17, 15) is 8.42 Å². The summed E-state index contributed by atoms with van der Waals surface area (Å²) in [6.07, 6.45) is 2.70. The maximum Gasteiger partial charge on any atom is 0.186 e. The highest BCUT2D eigenvalue weighted by Crippen LogP contribution is 2.30. The maximum absolute atomic E-state index is 12.1. The van der Waals surface area contributed by atoms with Gasteiger partial charge in [0.15, 0.2) is 9.84 Å². The molecule has 3 nitrogen and oxygen atoms in total. The van der Waals surface area contributed by atoms with Crippen molar-refractivity contribution in [3.05, 3.63) is 23.5 Å². The zero-order valence-electron chi connectivity index (χ0n) is 8.37. The first-order valence-corrected chi connectivity index (χ1v) is 6.62. The number of sulfone groups is 1. The third-order valence-corrected chi connectivity index (χ3v) is 5.85. The van der Waals surface area contributed by atoms with Gasteiger partial charge >= 0.3 is 0 Å². The first-order valence-electron chi connectivity index (χ1n) is 4.23. The summed E-state index contributed by atoms with van der Waals surface area (Å²) < 4.78 is 23.2. The molecule has 6 heteroatoms. The summed E-state index contributed by atoms with van der Waals surface area (Å²) in [7, 11) is -3.52. The number of hydrogen-bond acceptors (Lipinski definition) is 3. The third-order valence-electron chi connectivity index (χ3n) is 2.07. The minimum Gasteiger partial charge on any atom is -0.263 e. The van der Waals surface area contributed by atoms with Gasteiger partial charge in [-0.2, -0.15) is 0 Å². The Morgan fingerprint density at radius 2 is 2.07 bits per heavy atom. The van der Waals surface area contributed by atoms with E-state index in [0.717, 1.165) is 0 Å². The van der Waals surface area contributed by atoms with Crippen molar-refractivity contribution >= 4 is 33.0 Å². The Morgan fingerprint density at radius 1 is 1.47 bits per heavy atom. The van der Waals surface area contributed by atoms with E-state index in [1.165, 1.54) is 18.5 Å². The Bertz CT molecular complexity index is 457. The molecule has 0 aliphatic rings. The summed E-state index contributed by atoms with van der Waals surface area (Å²) in [5.41, 5.74) is 0. The largest absolute Gasteiger partial charge is 0.263 e. The quantitative estimate of drug-likeness (QED) is 0.791. The molecule has 0 saturated heterocycles. The number of halogens is 2. The zero-order chi connectivity index (χ0) is 11.7. The van der Waals surface area contributed by atoms with Crippen molar-refractivity contribution in [2.24, 2.45) is 0 Å². The van der Waals surface area contributed by atoms with Gasteiger partial charge in [0.2, 0.25) is 0 Å². The van der Waals surface area contributed by atoms with E-state index in [1.807, 2.05) is 0 Å². The van der Waals surface area contributed by atoms with E-state index >= 15 is 0 Å². The standard InChI is InChI=1S/C9H11Cl2NO2S/c1-9(2,6-10)15(13,14)8-3-4-12-5-7(8)11/h3-5H,6H2,1-2H3. The molecule has 84 valence electrons. The lowest BCUT2D eigenvalue weighted by Gasteiger charge is -2.22. The van der Waals surface area contributed by atoms with Gasteiger partial charge < -0.3 is 0 Å². The molecule has 1 heterocycles. The summed E-state index contributed by atoms with van der Waals surface area (Å²) in [5, 5.41) is 0.121. The Morgan fingerprint density at radius 3 is 2.53 bits per heavy atom. The first-order chi connectivity index (χ1) is 6.83. The van der Waals surface area contributed by atoms with Crippen LogP contribution in [-0.2, 0) is 9.84 Å². The SMILES string of the molecule is CC(C)(CCl)S(=O)(=O)c1ccncc1Cl. The van der Waals surface area contributed by atoms with Crippen LogP contribution in [-0.4, -0.2) is 24.0 Å². The Hall–Kier alpha value is -0.320. The minimum absolute atomic E-state index is 0.00792. The van der Waals surface area contributed by atoms with E-state index in [0.29, 0.717) is 0 Å². The molecule has 1 rings (SSSR count). The molecule has 0 radical (unpaired) electrons. The normalized spacial score (nSPS) is 12.8. The lowest BCUT2D eigenvalue weighted by molar-refractivity contribution is 0.561.